The summed E-state index contributed by atoms with van der Waals surface area (Å²) in [4.78, 5) is 11.4. The Bertz CT molecular complexity index is 287. The van der Waals surface area contributed by atoms with Crippen LogP contribution in [0.3, 0.4) is 0 Å². The van der Waals surface area contributed by atoms with Crippen molar-refractivity contribution in [2.45, 2.75) is 25.8 Å². The summed E-state index contributed by atoms with van der Waals surface area (Å²) in [6.07, 6.45) is 0.321. The van der Waals surface area contributed by atoms with Gasteiger partial charge in [-0.3, -0.25) is 4.79 Å². The molecule has 0 heterocycles. The van der Waals surface area contributed by atoms with Crippen molar-refractivity contribution in [1.82, 2.24) is 5.32 Å². The van der Waals surface area contributed by atoms with Crippen LogP contribution < -0.4 is 5.32 Å². The van der Waals surface area contributed by atoms with Crippen LogP contribution in [0.5, 0.6) is 0 Å². The fourth-order valence-corrected chi connectivity index (χ4v) is 1.25. The SMILES string of the molecule is CCC(C)(C#N)C(=O)NCCSC(F)(F)F. The monoisotopic (exact) mass is 254 g/mol. The Morgan fingerprint density at radius 3 is 2.44 bits per heavy atom. The standard InChI is InChI=1S/C9H13F3N2OS/c1-3-8(2,6-13)7(15)14-4-5-16-9(10,11)12/h3-5H2,1-2H3,(H,14,15). The number of nitrogens with one attached hydrogen (secondary N) is 1. The second-order valence-electron chi connectivity index (χ2n) is 3.35. The number of thioether (sulfide) groups is 1. The number of carbonyl (C=O) groups excluding carboxylic acids is 1. The summed E-state index contributed by atoms with van der Waals surface area (Å²) in [5.41, 5.74) is -5.45. The third-order valence-corrected chi connectivity index (χ3v) is 2.84. The number of amides is 1. The van der Waals surface area contributed by atoms with Gasteiger partial charge in [-0.05, 0) is 25.1 Å². The highest BCUT2D eigenvalue weighted by molar-refractivity contribution is 8.00. The van der Waals surface area contributed by atoms with Crippen LogP contribution in [0.15, 0.2) is 0 Å². The quantitative estimate of drug-likeness (QED) is 0.766. The molecule has 0 saturated heterocycles. The first kappa shape index (κ1) is 15.1. The molecule has 0 aromatic heterocycles. The predicted molar refractivity (Wildman–Crippen MR) is 55.5 cm³/mol. The van der Waals surface area contributed by atoms with E-state index in [9.17, 15) is 18.0 Å². The first-order chi connectivity index (χ1) is 7.25. The summed E-state index contributed by atoms with van der Waals surface area (Å²) in [5.74, 6) is -0.777. The zero-order valence-electron chi connectivity index (χ0n) is 9.02. The van der Waals surface area contributed by atoms with Crippen LogP contribution in [0.2, 0.25) is 0 Å². The third-order valence-electron chi connectivity index (χ3n) is 2.11. The van der Waals surface area contributed by atoms with E-state index in [0.29, 0.717) is 6.42 Å². The van der Waals surface area contributed by atoms with Gasteiger partial charge in [-0.25, -0.2) is 0 Å². The summed E-state index contributed by atoms with van der Waals surface area (Å²) in [7, 11) is 0. The average Bonchev–Trinajstić information content (AvgIpc) is 2.21. The molecule has 0 spiro atoms. The molecule has 1 atom stereocenters. The molecule has 0 radical (unpaired) electrons. The molecular formula is C9H13F3N2OS. The minimum absolute atomic E-state index is 0.0969. The van der Waals surface area contributed by atoms with Crippen LogP contribution in [0.1, 0.15) is 20.3 Å². The van der Waals surface area contributed by atoms with Crippen LogP contribution in [-0.4, -0.2) is 23.7 Å². The van der Waals surface area contributed by atoms with E-state index in [1.54, 1.807) is 6.92 Å². The van der Waals surface area contributed by atoms with E-state index in [-0.39, 0.29) is 24.1 Å². The van der Waals surface area contributed by atoms with E-state index < -0.39 is 16.8 Å². The molecule has 3 nitrogen and oxygen atoms in total. The Hall–Kier alpha value is -0.900. The van der Waals surface area contributed by atoms with Crippen LogP contribution in [-0.2, 0) is 4.79 Å². The summed E-state index contributed by atoms with van der Waals surface area (Å²) in [6.45, 7) is 3.03. The van der Waals surface area contributed by atoms with E-state index in [4.69, 9.17) is 5.26 Å². The summed E-state index contributed by atoms with van der Waals surface area (Å²) >= 11 is -0.196. The van der Waals surface area contributed by atoms with Gasteiger partial charge in [-0.2, -0.15) is 18.4 Å². The molecule has 92 valence electrons. The zero-order chi connectivity index (χ0) is 12.8. The molecule has 1 amide bonds. The smallest absolute Gasteiger partial charge is 0.354 e. The molecule has 0 fully saturated rings. The highest BCUT2D eigenvalue weighted by Crippen LogP contribution is 2.29. The molecule has 1 unspecified atom stereocenters. The topological polar surface area (TPSA) is 52.9 Å². The van der Waals surface area contributed by atoms with Crippen molar-refractivity contribution in [3.63, 3.8) is 0 Å². The van der Waals surface area contributed by atoms with Crippen molar-refractivity contribution in [1.29, 1.82) is 5.26 Å². The van der Waals surface area contributed by atoms with E-state index >= 15 is 0 Å². The van der Waals surface area contributed by atoms with Crippen molar-refractivity contribution >= 4 is 17.7 Å². The van der Waals surface area contributed by atoms with Crippen LogP contribution >= 0.6 is 11.8 Å². The fraction of sp³-hybridized carbons (Fsp3) is 0.778. The number of nitrogens with zero attached hydrogens (tertiary/aromatic N) is 1. The molecule has 0 aliphatic carbocycles. The lowest BCUT2D eigenvalue weighted by Crippen LogP contribution is -2.38. The van der Waals surface area contributed by atoms with Crippen LogP contribution in [0.4, 0.5) is 13.2 Å². The normalized spacial score (nSPS) is 15.0. The molecule has 0 saturated carbocycles. The Morgan fingerprint density at radius 2 is 2.06 bits per heavy atom. The highest BCUT2D eigenvalue weighted by Gasteiger charge is 2.31. The van der Waals surface area contributed by atoms with E-state index in [0.717, 1.165) is 0 Å². The van der Waals surface area contributed by atoms with E-state index in [1.165, 1.54) is 6.92 Å². The van der Waals surface area contributed by atoms with Crippen molar-refractivity contribution in [2.75, 3.05) is 12.3 Å². The molecule has 0 aliphatic heterocycles. The first-order valence-electron chi connectivity index (χ1n) is 4.65. The van der Waals surface area contributed by atoms with Gasteiger partial charge in [0.15, 0.2) is 0 Å². The lowest BCUT2D eigenvalue weighted by atomic mass is 9.88. The number of hydrogen-bond acceptors (Lipinski definition) is 3. The van der Waals surface area contributed by atoms with Crippen molar-refractivity contribution in [3.05, 3.63) is 0 Å². The first-order valence-corrected chi connectivity index (χ1v) is 5.64. The van der Waals surface area contributed by atoms with E-state index in [1.807, 2.05) is 6.07 Å². The molecule has 0 aliphatic rings. The van der Waals surface area contributed by atoms with Gasteiger partial charge in [0.2, 0.25) is 5.91 Å². The lowest BCUT2D eigenvalue weighted by Gasteiger charge is -2.18. The van der Waals surface area contributed by atoms with Crippen molar-refractivity contribution in [3.8, 4) is 6.07 Å². The average molecular weight is 254 g/mol. The third kappa shape index (κ3) is 5.26. The molecule has 0 rings (SSSR count). The molecule has 0 aromatic rings. The second kappa shape index (κ2) is 5.99. The van der Waals surface area contributed by atoms with Crippen molar-refractivity contribution in [2.24, 2.45) is 5.41 Å². The van der Waals surface area contributed by atoms with Crippen molar-refractivity contribution < 1.29 is 18.0 Å². The molecule has 16 heavy (non-hydrogen) atoms. The summed E-state index contributed by atoms with van der Waals surface area (Å²) in [5, 5.41) is 11.1. The van der Waals surface area contributed by atoms with Gasteiger partial charge in [0.1, 0.15) is 5.41 Å². The minimum Gasteiger partial charge on any atom is -0.354 e. The summed E-state index contributed by atoms with van der Waals surface area (Å²) in [6, 6.07) is 1.84. The number of nitriles is 1. The minimum atomic E-state index is -4.28. The Balaban J connectivity index is 3.96. The maximum absolute atomic E-state index is 11.7. The van der Waals surface area contributed by atoms with Gasteiger partial charge in [0.05, 0.1) is 6.07 Å². The number of hydrogen-bond donors (Lipinski definition) is 1. The zero-order valence-corrected chi connectivity index (χ0v) is 9.84. The molecule has 7 heteroatoms. The Kier molecular flexibility index (Phi) is 5.65. The number of rotatable bonds is 5. The Morgan fingerprint density at radius 1 is 1.50 bits per heavy atom. The molecule has 0 aromatic carbocycles. The van der Waals surface area contributed by atoms with Gasteiger partial charge < -0.3 is 5.32 Å². The number of carbonyl (C=O) groups is 1. The van der Waals surface area contributed by atoms with Gasteiger partial charge >= 0.3 is 5.51 Å². The van der Waals surface area contributed by atoms with Gasteiger partial charge in [0.25, 0.3) is 0 Å². The fourth-order valence-electron chi connectivity index (χ4n) is 0.817. The van der Waals surface area contributed by atoms with Crippen LogP contribution in [0, 0.1) is 16.7 Å². The Labute approximate surface area is 96.4 Å². The maximum Gasteiger partial charge on any atom is 0.441 e. The van der Waals surface area contributed by atoms with Crippen LogP contribution in [0.25, 0.3) is 0 Å². The number of alkyl halides is 3. The van der Waals surface area contributed by atoms with Gasteiger partial charge in [-0.15, -0.1) is 0 Å². The second-order valence-corrected chi connectivity index (χ2v) is 4.51. The largest absolute Gasteiger partial charge is 0.441 e. The summed E-state index contributed by atoms with van der Waals surface area (Å²) < 4.78 is 35.2. The molecule has 1 N–H and O–H groups in total. The lowest BCUT2D eigenvalue weighted by molar-refractivity contribution is -0.127. The molecular weight excluding hydrogens is 241 g/mol. The highest BCUT2D eigenvalue weighted by atomic mass is 32.2. The molecule has 0 bridgehead atoms. The predicted octanol–water partition coefficient (Wildman–Crippen LogP) is 2.30. The number of halogens is 3. The van der Waals surface area contributed by atoms with Gasteiger partial charge in [-0.1, -0.05) is 6.92 Å². The van der Waals surface area contributed by atoms with Gasteiger partial charge in [0, 0.05) is 12.3 Å². The maximum atomic E-state index is 11.7. The van der Waals surface area contributed by atoms with E-state index in [2.05, 4.69) is 5.32 Å².